The maximum absolute atomic E-state index is 12.4. The molecule has 5 nitrogen and oxygen atoms in total. The summed E-state index contributed by atoms with van der Waals surface area (Å²) in [5, 5.41) is 0. The van der Waals surface area contributed by atoms with Gasteiger partial charge in [-0.15, -0.1) is 0 Å². The van der Waals surface area contributed by atoms with Crippen molar-refractivity contribution in [2.24, 2.45) is 0 Å². The van der Waals surface area contributed by atoms with Crippen LogP contribution in [0, 0.1) is 6.92 Å². The molecule has 0 N–H and O–H groups in total. The van der Waals surface area contributed by atoms with Crippen molar-refractivity contribution in [3.05, 3.63) is 57.6 Å². The van der Waals surface area contributed by atoms with Crippen molar-refractivity contribution in [2.75, 3.05) is 14.2 Å². The summed E-state index contributed by atoms with van der Waals surface area (Å²) in [7, 11) is 2.97. The molecule has 0 bridgehead atoms. The molecule has 2 rings (SSSR count). The first-order valence-electron chi connectivity index (χ1n) is 7.60. The van der Waals surface area contributed by atoms with Crippen LogP contribution in [0.4, 0.5) is 0 Å². The molecule has 0 fully saturated rings. The van der Waals surface area contributed by atoms with Crippen molar-refractivity contribution in [1.82, 2.24) is 0 Å². The van der Waals surface area contributed by atoms with Gasteiger partial charge in [0.05, 0.1) is 19.8 Å². The summed E-state index contributed by atoms with van der Waals surface area (Å²) in [6.07, 6.45) is -0.907. The summed E-state index contributed by atoms with van der Waals surface area (Å²) in [5.74, 6) is -0.0194. The molecule has 2 aromatic rings. The largest absolute Gasteiger partial charge is 0.495 e. The van der Waals surface area contributed by atoms with E-state index in [-0.39, 0.29) is 11.3 Å². The number of rotatable bonds is 6. The van der Waals surface area contributed by atoms with Gasteiger partial charge in [0.2, 0.25) is 5.78 Å². The van der Waals surface area contributed by atoms with E-state index < -0.39 is 12.1 Å². The van der Waals surface area contributed by atoms with Gasteiger partial charge in [-0.1, -0.05) is 29.8 Å². The van der Waals surface area contributed by atoms with Crippen LogP contribution in [0.1, 0.15) is 33.2 Å². The lowest BCUT2D eigenvalue weighted by Crippen LogP contribution is -2.24. The third kappa shape index (κ3) is 4.39. The zero-order valence-corrected chi connectivity index (χ0v) is 16.0. The number of esters is 1. The van der Waals surface area contributed by atoms with Gasteiger partial charge in [-0.05, 0) is 41.9 Å². The highest BCUT2D eigenvalue weighted by Crippen LogP contribution is 2.35. The highest BCUT2D eigenvalue weighted by Gasteiger charge is 2.22. The van der Waals surface area contributed by atoms with Gasteiger partial charge in [0, 0.05) is 5.56 Å². The van der Waals surface area contributed by atoms with Gasteiger partial charge < -0.3 is 14.2 Å². The van der Waals surface area contributed by atoms with Gasteiger partial charge in [0.1, 0.15) is 16.0 Å². The topological polar surface area (TPSA) is 61.8 Å². The number of methoxy groups -OCH3 is 2. The predicted molar refractivity (Wildman–Crippen MR) is 97.6 cm³/mol. The molecule has 0 heterocycles. The molecular weight excluding hydrogens is 388 g/mol. The second-order valence-corrected chi connectivity index (χ2v) is 6.27. The van der Waals surface area contributed by atoms with E-state index in [1.165, 1.54) is 26.4 Å². The summed E-state index contributed by atoms with van der Waals surface area (Å²) < 4.78 is 16.3. The van der Waals surface area contributed by atoms with E-state index in [4.69, 9.17) is 14.2 Å². The van der Waals surface area contributed by atoms with Crippen molar-refractivity contribution < 1.29 is 23.8 Å². The molecule has 6 heteroatoms. The third-order valence-electron chi connectivity index (χ3n) is 3.67. The number of aryl methyl sites for hydroxylation is 1. The van der Waals surface area contributed by atoms with Crippen LogP contribution in [0.15, 0.2) is 40.9 Å². The average Bonchev–Trinajstić information content (AvgIpc) is 2.61. The summed E-state index contributed by atoms with van der Waals surface area (Å²) >= 11 is 3.34. The second kappa shape index (κ2) is 8.16. The number of carbonyl (C=O) groups excluding carboxylic acids is 2. The number of Topliss-reactive ketones (excluding diaryl/α,β-unsaturated/α-hetero) is 1. The Morgan fingerprint density at radius 1 is 0.960 bits per heavy atom. The van der Waals surface area contributed by atoms with Crippen molar-refractivity contribution in [3.8, 4) is 11.5 Å². The zero-order valence-electron chi connectivity index (χ0n) is 14.5. The minimum atomic E-state index is -0.907. The average molecular weight is 407 g/mol. The lowest BCUT2D eigenvalue weighted by Gasteiger charge is -2.14. The lowest BCUT2D eigenvalue weighted by atomic mass is 10.1. The normalized spacial score (nSPS) is 11.6. The molecule has 0 spiro atoms. The molecule has 0 aliphatic carbocycles. The highest BCUT2D eigenvalue weighted by atomic mass is 79.9. The molecule has 132 valence electrons. The Kier molecular flexibility index (Phi) is 6.20. The number of ether oxygens (including phenoxy) is 3. The Hall–Kier alpha value is -2.34. The Labute approximate surface area is 155 Å². The summed E-state index contributed by atoms with van der Waals surface area (Å²) in [6, 6.07) is 10.2. The van der Waals surface area contributed by atoms with Gasteiger partial charge in [0.15, 0.2) is 6.10 Å². The van der Waals surface area contributed by atoms with E-state index in [0.717, 1.165) is 5.56 Å². The van der Waals surface area contributed by atoms with Gasteiger partial charge in [-0.25, -0.2) is 4.79 Å². The predicted octanol–water partition coefficient (Wildman–Crippen LogP) is 4.20. The van der Waals surface area contributed by atoms with E-state index in [1.54, 1.807) is 19.1 Å². The molecule has 0 saturated heterocycles. The third-order valence-corrected chi connectivity index (χ3v) is 4.45. The summed E-state index contributed by atoms with van der Waals surface area (Å²) in [6.45, 7) is 3.49. The molecular formula is C19H19BrO5. The standard InChI is InChI=1S/C19H19BrO5/c1-11-5-7-13(8-6-11)18(21)12(2)25-19(22)14-9-15(23-3)17(20)16(10-14)24-4/h5-10,12H,1-4H3/t12-/m1/s1. The summed E-state index contributed by atoms with van der Waals surface area (Å²) in [4.78, 5) is 24.8. The van der Waals surface area contributed by atoms with Crippen LogP contribution in [0.5, 0.6) is 11.5 Å². The minimum Gasteiger partial charge on any atom is -0.495 e. The van der Waals surface area contributed by atoms with E-state index in [0.29, 0.717) is 21.5 Å². The first kappa shape index (κ1) is 19.0. The molecule has 0 amide bonds. The fourth-order valence-corrected chi connectivity index (χ4v) is 2.77. The van der Waals surface area contributed by atoms with E-state index in [2.05, 4.69) is 15.9 Å². The molecule has 0 radical (unpaired) electrons. The van der Waals surface area contributed by atoms with Crippen LogP contribution in [0.3, 0.4) is 0 Å². The molecule has 1 atom stereocenters. The zero-order chi connectivity index (χ0) is 18.6. The minimum absolute atomic E-state index is 0.237. The Morgan fingerprint density at radius 2 is 1.48 bits per heavy atom. The van der Waals surface area contributed by atoms with Crippen molar-refractivity contribution in [1.29, 1.82) is 0 Å². The van der Waals surface area contributed by atoms with E-state index in [1.807, 2.05) is 19.1 Å². The van der Waals surface area contributed by atoms with Gasteiger partial charge in [-0.2, -0.15) is 0 Å². The maximum Gasteiger partial charge on any atom is 0.339 e. The van der Waals surface area contributed by atoms with Gasteiger partial charge >= 0.3 is 5.97 Å². The number of carbonyl (C=O) groups is 2. The van der Waals surface area contributed by atoms with Crippen LogP contribution in [0.2, 0.25) is 0 Å². The Balaban J connectivity index is 2.18. The molecule has 0 aliphatic heterocycles. The van der Waals surface area contributed by atoms with Crippen molar-refractivity contribution in [2.45, 2.75) is 20.0 Å². The fourth-order valence-electron chi connectivity index (χ4n) is 2.22. The van der Waals surface area contributed by atoms with Gasteiger partial charge in [-0.3, -0.25) is 4.79 Å². The number of halogens is 1. The monoisotopic (exact) mass is 406 g/mol. The fraction of sp³-hybridized carbons (Fsp3) is 0.263. The van der Waals surface area contributed by atoms with Crippen LogP contribution < -0.4 is 9.47 Å². The SMILES string of the molecule is COc1cc(C(=O)O[C@H](C)C(=O)c2ccc(C)cc2)cc(OC)c1Br. The quantitative estimate of drug-likeness (QED) is 0.531. The number of benzene rings is 2. The highest BCUT2D eigenvalue weighted by molar-refractivity contribution is 9.10. The molecule has 0 saturated carbocycles. The van der Waals surface area contributed by atoms with Gasteiger partial charge in [0.25, 0.3) is 0 Å². The van der Waals surface area contributed by atoms with Crippen LogP contribution >= 0.6 is 15.9 Å². The molecule has 25 heavy (non-hydrogen) atoms. The van der Waals surface area contributed by atoms with E-state index >= 15 is 0 Å². The Morgan fingerprint density at radius 3 is 1.96 bits per heavy atom. The van der Waals surface area contributed by atoms with Crippen LogP contribution in [-0.4, -0.2) is 32.1 Å². The number of hydrogen-bond donors (Lipinski definition) is 0. The first-order valence-corrected chi connectivity index (χ1v) is 8.40. The molecule has 2 aromatic carbocycles. The molecule has 0 unspecified atom stereocenters. The maximum atomic E-state index is 12.4. The molecule has 0 aliphatic rings. The van der Waals surface area contributed by atoms with E-state index in [9.17, 15) is 9.59 Å². The van der Waals surface area contributed by atoms with Crippen LogP contribution in [0.25, 0.3) is 0 Å². The first-order chi connectivity index (χ1) is 11.9. The van der Waals surface area contributed by atoms with Crippen LogP contribution in [-0.2, 0) is 4.74 Å². The lowest BCUT2D eigenvalue weighted by molar-refractivity contribution is 0.0318. The Bertz CT molecular complexity index is 758. The summed E-state index contributed by atoms with van der Waals surface area (Å²) in [5.41, 5.74) is 1.78. The number of ketones is 1. The van der Waals surface area contributed by atoms with Crippen molar-refractivity contribution in [3.63, 3.8) is 0 Å². The molecule has 0 aromatic heterocycles. The smallest absolute Gasteiger partial charge is 0.339 e. The second-order valence-electron chi connectivity index (χ2n) is 5.47. The van der Waals surface area contributed by atoms with Crippen molar-refractivity contribution >= 4 is 27.7 Å². The number of hydrogen-bond acceptors (Lipinski definition) is 5.